The Labute approximate surface area is 67.9 Å². The van der Waals surface area contributed by atoms with E-state index >= 15 is 0 Å². The van der Waals surface area contributed by atoms with Gasteiger partial charge in [0.1, 0.15) is 0 Å². The van der Waals surface area contributed by atoms with Crippen LogP contribution >= 0.6 is 7.37 Å². The fraction of sp³-hybridized carbons (Fsp3) is 1.00. The van der Waals surface area contributed by atoms with E-state index in [4.69, 9.17) is 0 Å². The van der Waals surface area contributed by atoms with Crippen LogP contribution in [-0.2, 0) is 4.57 Å². The number of nitrogens with zero attached hydrogens (tertiary/aromatic N) is 1. The van der Waals surface area contributed by atoms with Gasteiger partial charge in [0.05, 0.1) is 0 Å². The average Bonchev–Trinajstić information content (AvgIpc) is 1.86. The van der Waals surface area contributed by atoms with Gasteiger partial charge in [-0.25, -0.2) is 0 Å². The Morgan fingerprint density at radius 2 is 1.82 bits per heavy atom. The Bertz CT molecular complexity index is 169. The molecule has 0 aliphatic carbocycles. The molecule has 3 nitrogen and oxygen atoms in total. The first-order valence-electron chi connectivity index (χ1n) is 4.06. The molecule has 1 heterocycles. The van der Waals surface area contributed by atoms with Crippen LogP contribution in [0.5, 0.6) is 0 Å². The smallest absolute Gasteiger partial charge is 0.203 e. The van der Waals surface area contributed by atoms with E-state index in [0.29, 0.717) is 18.4 Å². The Balaban J connectivity index is 2.42. The maximum atomic E-state index is 11.1. The van der Waals surface area contributed by atoms with Gasteiger partial charge in [-0.3, -0.25) is 9.46 Å². The van der Waals surface area contributed by atoms with Crippen LogP contribution in [0.25, 0.3) is 0 Å². The van der Waals surface area contributed by atoms with Gasteiger partial charge in [0, 0.05) is 31.5 Å². The van der Waals surface area contributed by atoms with Crippen molar-refractivity contribution in [1.29, 1.82) is 0 Å². The molecular weight excluding hydrogens is 161 g/mol. The highest BCUT2D eigenvalue weighted by Gasteiger charge is 2.26. The van der Waals surface area contributed by atoms with Crippen LogP contribution in [0.15, 0.2) is 0 Å². The van der Waals surface area contributed by atoms with Crippen molar-refractivity contribution < 1.29 is 9.46 Å². The molecule has 1 saturated heterocycles. The van der Waals surface area contributed by atoms with Crippen molar-refractivity contribution in [3.05, 3.63) is 0 Å². The van der Waals surface area contributed by atoms with E-state index in [9.17, 15) is 9.46 Å². The van der Waals surface area contributed by atoms with E-state index in [0.717, 1.165) is 13.1 Å². The molecule has 66 valence electrons. The van der Waals surface area contributed by atoms with Crippen LogP contribution in [0.3, 0.4) is 0 Å². The van der Waals surface area contributed by atoms with E-state index in [-0.39, 0.29) is 0 Å². The Kier molecular flexibility index (Phi) is 2.74. The summed E-state index contributed by atoms with van der Waals surface area (Å²) in [5, 5.41) is 0. The van der Waals surface area contributed by atoms with Gasteiger partial charge in [-0.15, -0.1) is 0 Å². The molecule has 1 aliphatic heterocycles. The number of hydrogen-bond donors (Lipinski definition) is 1. The van der Waals surface area contributed by atoms with Crippen LogP contribution in [-0.4, -0.2) is 41.2 Å². The van der Waals surface area contributed by atoms with Gasteiger partial charge in [0.15, 0.2) is 0 Å². The van der Waals surface area contributed by atoms with Gasteiger partial charge in [-0.05, 0) is 13.8 Å². The lowest BCUT2D eigenvalue weighted by atomic mass is 10.3. The summed E-state index contributed by atoms with van der Waals surface area (Å²) in [6, 6.07) is 0.510. The molecule has 1 rings (SSSR count). The van der Waals surface area contributed by atoms with Crippen molar-refractivity contribution in [2.45, 2.75) is 19.9 Å². The van der Waals surface area contributed by atoms with Gasteiger partial charge in [-0.1, -0.05) is 0 Å². The van der Waals surface area contributed by atoms with Gasteiger partial charge >= 0.3 is 0 Å². The monoisotopic (exact) mass is 177 g/mol. The van der Waals surface area contributed by atoms with E-state index < -0.39 is 7.37 Å². The van der Waals surface area contributed by atoms with Crippen molar-refractivity contribution in [2.75, 3.05) is 25.4 Å². The highest BCUT2D eigenvalue weighted by Crippen LogP contribution is 2.42. The highest BCUT2D eigenvalue weighted by molar-refractivity contribution is 7.58. The third-order valence-electron chi connectivity index (χ3n) is 2.20. The molecule has 1 N–H and O–H groups in total. The lowest BCUT2D eigenvalue weighted by molar-refractivity contribution is 0.233. The lowest BCUT2D eigenvalue weighted by Gasteiger charge is -2.32. The van der Waals surface area contributed by atoms with Crippen molar-refractivity contribution in [3.63, 3.8) is 0 Å². The van der Waals surface area contributed by atoms with Gasteiger partial charge in [0.2, 0.25) is 7.37 Å². The number of rotatable bonds is 1. The molecule has 0 radical (unpaired) electrons. The molecule has 0 amide bonds. The first-order chi connectivity index (χ1) is 5.01. The summed E-state index contributed by atoms with van der Waals surface area (Å²) >= 11 is 0. The minimum absolute atomic E-state index is 0.477. The van der Waals surface area contributed by atoms with E-state index in [1.807, 2.05) is 0 Å². The van der Waals surface area contributed by atoms with Crippen molar-refractivity contribution in [3.8, 4) is 0 Å². The van der Waals surface area contributed by atoms with Crippen LogP contribution in [0.1, 0.15) is 13.8 Å². The summed E-state index contributed by atoms with van der Waals surface area (Å²) in [6.07, 6.45) is 0.955. The molecule has 0 unspecified atom stereocenters. The summed E-state index contributed by atoms with van der Waals surface area (Å²) < 4.78 is 11.1. The Morgan fingerprint density at radius 3 is 2.18 bits per heavy atom. The second kappa shape index (κ2) is 3.26. The second-order valence-corrected chi connectivity index (χ2v) is 6.01. The van der Waals surface area contributed by atoms with Crippen LogP contribution < -0.4 is 0 Å². The topological polar surface area (TPSA) is 40.5 Å². The molecular formula is C7H16NO2P. The van der Waals surface area contributed by atoms with Crippen molar-refractivity contribution >= 4 is 7.37 Å². The minimum Gasteiger partial charge on any atom is -0.344 e. The molecule has 0 spiro atoms. The molecule has 0 aromatic rings. The largest absolute Gasteiger partial charge is 0.344 e. The zero-order valence-corrected chi connectivity index (χ0v) is 8.05. The Hall–Kier alpha value is 0.150. The predicted molar refractivity (Wildman–Crippen MR) is 46.3 cm³/mol. The molecule has 0 bridgehead atoms. The Morgan fingerprint density at radius 1 is 1.36 bits per heavy atom. The van der Waals surface area contributed by atoms with Crippen LogP contribution in [0, 0.1) is 0 Å². The molecule has 1 aliphatic rings. The van der Waals surface area contributed by atoms with Gasteiger partial charge in [0.25, 0.3) is 0 Å². The third-order valence-corrected chi connectivity index (χ3v) is 4.00. The summed E-state index contributed by atoms with van der Waals surface area (Å²) in [5.74, 6) is 0. The van der Waals surface area contributed by atoms with Crippen molar-refractivity contribution in [2.24, 2.45) is 0 Å². The highest BCUT2D eigenvalue weighted by atomic mass is 31.2. The standard InChI is InChI=1S/C7H16NO2P/c1-7(2)8-3-5-11(9,10)6-4-8/h7H,3-6H2,1-2H3,(H,9,10). The molecule has 11 heavy (non-hydrogen) atoms. The first-order valence-corrected chi connectivity index (χ1v) is 6.09. The molecule has 0 saturated carbocycles. The summed E-state index contributed by atoms with van der Waals surface area (Å²) in [7, 11) is -2.71. The summed E-state index contributed by atoms with van der Waals surface area (Å²) in [6.45, 7) is 5.80. The zero-order chi connectivity index (χ0) is 8.48. The van der Waals surface area contributed by atoms with Crippen molar-refractivity contribution in [1.82, 2.24) is 4.90 Å². The molecule has 0 aromatic carbocycles. The third kappa shape index (κ3) is 2.58. The normalized spacial score (nSPS) is 25.8. The van der Waals surface area contributed by atoms with Crippen LogP contribution in [0.2, 0.25) is 0 Å². The van der Waals surface area contributed by atoms with E-state index in [1.54, 1.807) is 0 Å². The zero-order valence-electron chi connectivity index (χ0n) is 7.16. The van der Waals surface area contributed by atoms with Crippen LogP contribution in [0.4, 0.5) is 0 Å². The minimum atomic E-state index is -2.71. The fourth-order valence-electron chi connectivity index (χ4n) is 1.31. The van der Waals surface area contributed by atoms with Gasteiger partial charge < -0.3 is 4.89 Å². The SMILES string of the molecule is CC(C)N1CCP(=O)(O)CC1. The summed E-state index contributed by atoms with van der Waals surface area (Å²) in [4.78, 5) is 11.4. The second-order valence-electron chi connectivity index (χ2n) is 3.42. The maximum absolute atomic E-state index is 11.1. The molecule has 1 fully saturated rings. The maximum Gasteiger partial charge on any atom is 0.203 e. The molecule has 4 heteroatoms. The quantitative estimate of drug-likeness (QED) is 0.607. The van der Waals surface area contributed by atoms with Gasteiger partial charge in [-0.2, -0.15) is 0 Å². The predicted octanol–water partition coefficient (Wildman–Crippen LogP) is 0.981. The molecule has 0 aromatic heterocycles. The van der Waals surface area contributed by atoms with E-state index in [2.05, 4.69) is 18.7 Å². The lowest BCUT2D eigenvalue weighted by Crippen LogP contribution is -2.39. The average molecular weight is 177 g/mol. The summed E-state index contributed by atoms with van der Waals surface area (Å²) in [5.41, 5.74) is 0. The number of hydrogen-bond acceptors (Lipinski definition) is 2. The molecule has 0 atom stereocenters. The fourth-order valence-corrected chi connectivity index (χ4v) is 2.67. The van der Waals surface area contributed by atoms with E-state index in [1.165, 1.54) is 0 Å². The first kappa shape index (κ1) is 9.24.